The highest BCUT2D eigenvalue weighted by Gasteiger charge is 2.36. The van der Waals surface area contributed by atoms with Gasteiger partial charge in [-0.2, -0.15) is 0 Å². The number of rotatable bonds is 6. The number of piperazine rings is 1. The lowest BCUT2D eigenvalue weighted by molar-refractivity contribution is -0.937. The summed E-state index contributed by atoms with van der Waals surface area (Å²) in [5, 5.41) is 12.8. The van der Waals surface area contributed by atoms with Gasteiger partial charge in [-0.05, 0) is 54.3 Å². The predicted molar refractivity (Wildman–Crippen MR) is 113 cm³/mol. The minimum Gasteiger partial charge on any atom is -0.376 e. The first-order chi connectivity index (χ1) is 14.0. The van der Waals surface area contributed by atoms with Crippen molar-refractivity contribution in [2.24, 2.45) is 5.92 Å². The van der Waals surface area contributed by atoms with Gasteiger partial charge in [0.2, 0.25) is 5.82 Å². The van der Waals surface area contributed by atoms with Gasteiger partial charge in [-0.1, -0.05) is 26.0 Å². The van der Waals surface area contributed by atoms with Crippen molar-refractivity contribution in [1.29, 1.82) is 0 Å². The predicted octanol–water partition coefficient (Wildman–Crippen LogP) is 1.57. The van der Waals surface area contributed by atoms with Crippen LogP contribution in [0.1, 0.15) is 49.7 Å². The highest BCUT2D eigenvalue weighted by molar-refractivity contribution is 5.56. The van der Waals surface area contributed by atoms with Crippen LogP contribution in [0.5, 0.6) is 0 Å². The number of aryl methyl sites for hydroxylation is 1. The van der Waals surface area contributed by atoms with Crippen molar-refractivity contribution in [2.75, 3.05) is 37.7 Å². The smallest absolute Gasteiger partial charge is 0.209 e. The van der Waals surface area contributed by atoms with Crippen molar-refractivity contribution >= 4 is 5.69 Å². The number of hydrogen-bond donors (Lipinski definition) is 1. The number of nitrogens with zero attached hydrogens (tertiary/aromatic N) is 5. The molecule has 0 unspecified atom stereocenters. The van der Waals surface area contributed by atoms with Gasteiger partial charge >= 0.3 is 0 Å². The second-order valence-corrected chi connectivity index (χ2v) is 8.94. The number of ether oxygens (including phenoxy) is 1. The van der Waals surface area contributed by atoms with Gasteiger partial charge in [0.05, 0.1) is 38.8 Å². The monoisotopic (exact) mass is 399 g/mol. The summed E-state index contributed by atoms with van der Waals surface area (Å²) in [7, 11) is 0. The van der Waals surface area contributed by atoms with Crippen LogP contribution in [0.2, 0.25) is 0 Å². The molecular formula is C22H35N6O+. The first kappa shape index (κ1) is 20.3. The summed E-state index contributed by atoms with van der Waals surface area (Å²) in [4.78, 5) is 4.13. The van der Waals surface area contributed by atoms with Crippen LogP contribution in [0.3, 0.4) is 0 Å². The molecule has 2 atom stereocenters. The summed E-state index contributed by atoms with van der Waals surface area (Å²) in [6.07, 6.45) is 2.50. The molecule has 2 fully saturated rings. The lowest BCUT2D eigenvalue weighted by Crippen LogP contribution is -3.15. The van der Waals surface area contributed by atoms with Gasteiger partial charge in [0.1, 0.15) is 0 Å². The van der Waals surface area contributed by atoms with Gasteiger partial charge in [0, 0.05) is 18.2 Å². The van der Waals surface area contributed by atoms with Crippen LogP contribution in [0.4, 0.5) is 5.69 Å². The third kappa shape index (κ3) is 4.31. The molecule has 1 aromatic carbocycles. The summed E-state index contributed by atoms with van der Waals surface area (Å²) in [5.74, 6) is 1.50. The summed E-state index contributed by atoms with van der Waals surface area (Å²) in [6.45, 7) is 15.0. The molecule has 2 saturated heterocycles. The minimum atomic E-state index is 0.251. The molecule has 7 heteroatoms. The Labute approximate surface area is 174 Å². The average molecular weight is 400 g/mol. The van der Waals surface area contributed by atoms with Crippen LogP contribution in [0.15, 0.2) is 18.2 Å². The molecule has 29 heavy (non-hydrogen) atoms. The number of tetrazole rings is 1. The molecule has 0 radical (unpaired) electrons. The quantitative estimate of drug-likeness (QED) is 0.799. The highest BCUT2D eigenvalue weighted by atomic mass is 16.5. The van der Waals surface area contributed by atoms with Gasteiger partial charge in [-0.3, -0.25) is 0 Å². The van der Waals surface area contributed by atoms with E-state index in [1.165, 1.54) is 16.8 Å². The van der Waals surface area contributed by atoms with Crippen molar-refractivity contribution in [1.82, 2.24) is 20.2 Å². The minimum absolute atomic E-state index is 0.251. The van der Waals surface area contributed by atoms with Gasteiger partial charge in [0.15, 0.2) is 6.04 Å². The van der Waals surface area contributed by atoms with Crippen molar-refractivity contribution < 1.29 is 9.64 Å². The standard InChI is InChI=1S/C22H34N6O/c1-16(2)21(22-23-24-25-28(22)15-19-8-6-14-29-19)27-12-10-26(11-13-27)20-9-5-7-17(3)18(20)4/h5,7,9,16,19,21H,6,8,10-15H2,1-4H3/p+1/t19-,21-/m0/s1. The van der Waals surface area contributed by atoms with Gasteiger partial charge in [-0.15, -0.1) is 5.10 Å². The fourth-order valence-corrected chi connectivity index (χ4v) is 4.92. The van der Waals surface area contributed by atoms with Crippen LogP contribution in [-0.2, 0) is 11.3 Å². The molecule has 0 spiro atoms. The molecule has 0 bridgehead atoms. The molecule has 3 heterocycles. The maximum atomic E-state index is 5.82. The third-order valence-electron chi connectivity index (χ3n) is 6.67. The van der Waals surface area contributed by atoms with E-state index in [1.54, 1.807) is 4.90 Å². The molecule has 1 aromatic heterocycles. The van der Waals surface area contributed by atoms with Crippen molar-refractivity contribution in [3.05, 3.63) is 35.2 Å². The molecule has 2 aliphatic rings. The third-order valence-corrected chi connectivity index (χ3v) is 6.67. The fraction of sp³-hybridized carbons (Fsp3) is 0.682. The molecule has 7 nitrogen and oxygen atoms in total. The zero-order valence-electron chi connectivity index (χ0n) is 18.3. The normalized spacial score (nSPS) is 21.8. The van der Waals surface area contributed by atoms with Gasteiger partial charge < -0.3 is 14.5 Å². The van der Waals surface area contributed by atoms with Crippen LogP contribution in [-0.4, -0.2) is 59.1 Å². The van der Waals surface area contributed by atoms with E-state index in [0.717, 1.165) is 58.0 Å². The first-order valence-electron chi connectivity index (χ1n) is 11.1. The lowest BCUT2D eigenvalue weighted by Gasteiger charge is -2.39. The van der Waals surface area contributed by atoms with E-state index in [2.05, 4.69) is 66.3 Å². The largest absolute Gasteiger partial charge is 0.376 e. The zero-order valence-corrected chi connectivity index (χ0v) is 18.3. The Hall–Kier alpha value is -1.99. The number of hydrogen-bond acceptors (Lipinski definition) is 5. The summed E-state index contributed by atoms with van der Waals surface area (Å²) in [5.41, 5.74) is 4.15. The van der Waals surface area contributed by atoms with Crippen LogP contribution < -0.4 is 9.80 Å². The zero-order chi connectivity index (χ0) is 20.4. The second kappa shape index (κ2) is 8.79. The number of anilines is 1. The first-order valence-corrected chi connectivity index (χ1v) is 11.1. The topological polar surface area (TPSA) is 60.5 Å². The van der Waals surface area contributed by atoms with Crippen LogP contribution in [0.25, 0.3) is 0 Å². The number of quaternary nitrogens is 1. The Balaban J connectivity index is 1.47. The maximum Gasteiger partial charge on any atom is 0.209 e. The number of benzene rings is 1. The van der Waals surface area contributed by atoms with E-state index in [0.29, 0.717) is 12.0 Å². The van der Waals surface area contributed by atoms with Gasteiger partial charge in [0.25, 0.3) is 0 Å². The SMILES string of the molecule is Cc1cccc(N2CC[NH+]([C@H](c3nnnn3C[C@@H]3CCCO3)C(C)C)CC2)c1C. The summed E-state index contributed by atoms with van der Waals surface area (Å²) in [6, 6.07) is 6.94. The maximum absolute atomic E-state index is 5.82. The summed E-state index contributed by atoms with van der Waals surface area (Å²) >= 11 is 0. The van der Waals surface area contributed by atoms with E-state index in [4.69, 9.17) is 4.74 Å². The summed E-state index contributed by atoms with van der Waals surface area (Å²) < 4.78 is 7.83. The van der Waals surface area contributed by atoms with Crippen molar-refractivity contribution in [3.63, 3.8) is 0 Å². The van der Waals surface area contributed by atoms with Gasteiger partial charge in [-0.25, -0.2) is 4.68 Å². The lowest BCUT2D eigenvalue weighted by atomic mass is 10.00. The molecule has 4 rings (SSSR count). The Morgan fingerprint density at radius 2 is 2.00 bits per heavy atom. The van der Waals surface area contributed by atoms with Crippen molar-refractivity contribution in [3.8, 4) is 0 Å². The second-order valence-electron chi connectivity index (χ2n) is 8.94. The molecule has 0 amide bonds. The Morgan fingerprint density at radius 3 is 2.69 bits per heavy atom. The van der Waals surface area contributed by atoms with E-state index < -0.39 is 0 Å². The molecule has 0 aliphatic carbocycles. The number of nitrogens with one attached hydrogen (secondary N) is 1. The van der Waals surface area contributed by atoms with E-state index >= 15 is 0 Å². The van der Waals surface area contributed by atoms with E-state index in [1.807, 2.05) is 4.68 Å². The Bertz CT molecular complexity index is 805. The van der Waals surface area contributed by atoms with E-state index in [-0.39, 0.29) is 6.10 Å². The fourth-order valence-electron chi connectivity index (χ4n) is 4.92. The Kier molecular flexibility index (Phi) is 6.15. The molecule has 2 aliphatic heterocycles. The molecule has 0 saturated carbocycles. The van der Waals surface area contributed by atoms with Crippen molar-refractivity contribution in [2.45, 2.75) is 59.2 Å². The average Bonchev–Trinajstić information content (AvgIpc) is 3.38. The molecular weight excluding hydrogens is 364 g/mol. The molecule has 2 aromatic rings. The van der Waals surface area contributed by atoms with E-state index in [9.17, 15) is 0 Å². The highest BCUT2D eigenvalue weighted by Crippen LogP contribution is 2.24. The Morgan fingerprint density at radius 1 is 1.21 bits per heavy atom. The molecule has 1 N–H and O–H groups in total. The van der Waals surface area contributed by atoms with Crippen LogP contribution >= 0.6 is 0 Å². The van der Waals surface area contributed by atoms with Crippen LogP contribution in [0, 0.1) is 19.8 Å². The number of aromatic nitrogens is 4. The molecule has 158 valence electrons.